The molecule has 148 valence electrons. The topological polar surface area (TPSA) is 72.3 Å². The Kier molecular flexibility index (Phi) is 4.27. The van der Waals surface area contributed by atoms with Crippen molar-refractivity contribution in [3.63, 3.8) is 0 Å². The third kappa shape index (κ3) is 3.09. The fourth-order valence-corrected chi connectivity index (χ4v) is 6.92. The zero-order valence-electron chi connectivity index (χ0n) is 16.3. The average molecular weight is 374 g/mol. The van der Waals surface area contributed by atoms with Crippen molar-refractivity contribution in [2.75, 3.05) is 33.4 Å². The van der Waals surface area contributed by atoms with E-state index in [0.29, 0.717) is 11.8 Å². The molecule has 1 amide bonds. The highest BCUT2D eigenvalue weighted by molar-refractivity contribution is 5.80. The molecule has 1 aliphatic heterocycles. The van der Waals surface area contributed by atoms with Crippen LogP contribution in [0.4, 0.5) is 0 Å². The summed E-state index contributed by atoms with van der Waals surface area (Å²) < 4.78 is 7.29. The van der Waals surface area contributed by atoms with Gasteiger partial charge in [0.05, 0.1) is 18.1 Å². The van der Waals surface area contributed by atoms with Crippen LogP contribution in [0.15, 0.2) is 12.7 Å². The van der Waals surface area contributed by atoms with Gasteiger partial charge in [-0.25, -0.2) is 9.67 Å². The quantitative estimate of drug-likeness (QED) is 0.816. The van der Waals surface area contributed by atoms with E-state index in [2.05, 4.69) is 25.0 Å². The van der Waals surface area contributed by atoms with Crippen molar-refractivity contribution in [1.82, 2.24) is 25.0 Å². The largest absolute Gasteiger partial charge is 0.383 e. The molecule has 1 aromatic heterocycles. The van der Waals surface area contributed by atoms with E-state index in [0.717, 1.165) is 51.9 Å². The number of aromatic nitrogens is 3. The first-order valence-corrected chi connectivity index (χ1v) is 10.5. The van der Waals surface area contributed by atoms with Crippen LogP contribution in [-0.4, -0.2) is 64.5 Å². The molecule has 5 aliphatic rings. The van der Waals surface area contributed by atoms with Gasteiger partial charge in [0, 0.05) is 25.7 Å². The van der Waals surface area contributed by atoms with Gasteiger partial charge in [-0.1, -0.05) is 0 Å². The molecule has 6 rings (SSSR count). The van der Waals surface area contributed by atoms with Gasteiger partial charge in [0.15, 0.2) is 0 Å². The van der Waals surface area contributed by atoms with Crippen LogP contribution in [0.5, 0.6) is 0 Å². The number of carbonyl (C=O) groups is 1. The highest BCUT2D eigenvalue weighted by atomic mass is 16.5. The van der Waals surface area contributed by atoms with E-state index in [1.54, 1.807) is 13.4 Å². The van der Waals surface area contributed by atoms with Crippen LogP contribution in [0.1, 0.15) is 44.9 Å². The Morgan fingerprint density at radius 2 is 2.11 bits per heavy atom. The maximum absolute atomic E-state index is 13.1. The molecule has 4 aliphatic carbocycles. The van der Waals surface area contributed by atoms with Crippen molar-refractivity contribution in [3.05, 3.63) is 12.7 Å². The summed E-state index contributed by atoms with van der Waals surface area (Å²) in [6, 6.07) is 0. The second kappa shape index (κ2) is 6.55. The lowest BCUT2D eigenvalue weighted by molar-refractivity contribution is -0.134. The maximum Gasteiger partial charge on any atom is 0.224 e. The Hall–Kier alpha value is -1.47. The van der Waals surface area contributed by atoms with E-state index >= 15 is 0 Å². The van der Waals surface area contributed by atoms with E-state index in [9.17, 15) is 4.79 Å². The number of rotatable bonds is 6. The number of amides is 1. The van der Waals surface area contributed by atoms with Crippen LogP contribution >= 0.6 is 0 Å². The minimum Gasteiger partial charge on any atom is -0.383 e. The number of hydrogen-bond acceptors (Lipinski definition) is 5. The zero-order chi connectivity index (χ0) is 18.5. The van der Waals surface area contributed by atoms with Crippen molar-refractivity contribution in [1.29, 1.82) is 0 Å². The molecule has 4 saturated carbocycles. The molecule has 1 N–H and O–H groups in total. The summed E-state index contributed by atoms with van der Waals surface area (Å²) in [7, 11) is 1.73. The maximum atomic E-state index is 13.1. The van der Waals surface area contributed by atoms with Crippen LogP contribution in [0.2, 0.25) is 0 Å². The minimum absolute atomic E-state index is 0.0347. The van der Waals surface area contributed by atoms with Gasteiger partial charge >= 0.3 is 0 Å². The van der Waals surface area contributed by atoms with E-state index in [1.165, 1.54) is 19.3 Å². The lowest BCUT2D eigenvalue weighted by atomic mass is 9.50. The SMILES string of the molecule is COCCN1CCC(C(=O)NC23CC4CC(C2)CC(n2cncn2)(C4)C3)C1. The lowest BCUT2D eigenvalue weighted by Gasteiger charge is -2.62. The molecule has 5 fully saturated rings. The Balaban J connectivity index is 1.30. The molecule has 0 spiro atoms. The fraction of sp³-hybridized carbons (Fsp3) is 0.850. The van der Waals surface area contributed by atoms with Gasteiger partial charge in [-0.15, -0.1) is 0 Å². The first kappa shape index (κ1) is 17.6. The van der Waals surface area contributed by atoms with Gasteiger partial charge in [0.2, 0.25) is 5.91 Å². The second-order valence-corrected chi connectivity index (χ2v) is 9.57. The molecule has 27 heavy (non-hydrogen) atoms. The molecule has 7 nitrogen and oxygen atoms in total. The number of nitrogens with zero attached hydrogens (tertiary/aromatic N) is 4. The number of nitrogens with one attached hydrogen (secondary N) is 1. The number of likely N-dealkylation sites (tertiary alicyclic amines) is 1. The predicted octanol–water partition coefficient (Wildman–Crippen LogP) is 1.41. The summed E-state index contributed by atoms with van der Waals surface area (Å²) in [4.78, 5) is 19.7. The summed E-state index contributed by atoms with van der Waals surface area (Å²) in [5.41, 5.74) is 0.0289. The van der Waals surface area contributed by atoms with Crippen molar-refractivity contribution >= 4 is 5.91 Å². The van der Waals surface area contributed by atoms with Gasteiger partial charge in [0.25, 0.3) is 0 Å². The Bertz CT molecular complexity index is 677. The normalized spacial score (nSPS) is 40.6. The number of carbonyl (C=O) groups excluding carboxylic acids is 1. The summed E-state index contributed by atoms with van der Waals surface area (Å²) in [5.74, 6) is 1.80. The first-order chi connectivity index (χ1) is 13.1. The average Bonchev–Trinajstić information content (AvgIpc) is 3.30. The Labute approximate surface area is 160 Å². The lowest BCUT2D eigenvalue weighted by Crippen LogP contribution is -2.66. The Morgan fingerprint density at radius 1 is 1.30 bits per heavy atom. The van der Waals surface area contributed by atoms with Crippen molar-refractivity contribution in [3.8, 4) is 0 Å². The zero-order valence-corrected chi connectivity index (χ0v) is 16.3. The molecule has 0 aromatic carbocycles. The standard InChI is InChI=1S/C20H31N5O2/c1-27-5-4-24-3-2-17(11-24)18(26)23-19-7-15-6-16(8-19)10-20(9-15,12-19)25-14-21-13-22-25/h13-17H,2-12H2,1H3,(H,23,26). The summed E-state index contributed by atoms with van der Waals surface area (Å²) in [6.45, 7) is 3.53. The minimum atomic E-state index is -0.0347. The molecular weight excluding hydrogens is 342 g/mol. The first-order valence-electron chi connectivity index (χ1n) is 10.5. The van der Waals surface area contributed by atoms with Crippen LogP contribution in [-0.2, 0) is 15.1 Å². The monoisotopic (exact) mass is 373 g/mol. The van der Waals surface area contributed by atoms with Gasteiger partial charge in [-0.3, -0.25) is 4.79 Å². The van der Waals surface area contributed by atoms with Gasteiger partial charge in [-0.05, 0) is 63.3 Å². The molecule has 2 heterocycles. The third-order valence-corrected chi connectivity index (χ3v) is 7.58. The van der Waals surface area contributed by atoms with Gasteiger partial charge in [-0.2, -0.15) is 5.10 Å². The van der Waals surface area contributed by atoms with Crippen LogP contribution < -0.4 is 5.32 Å². The summed E-state index contributed by atoms with van der Waals surface area (Å²) in [6.07, 6.45) is 11.5. The molecule has 1 aromatic rings. The Morgan fingerprint density at radius 3 is 2.81 bits per heavy atom. The van der Waals surface area contributed by atoms with E-state index < -0.39 is 0 Å². The third-order valence-electron chi connectivity index (χ3n) is 7.58. The molecule has 7 heteroatoms. The van der Waals surface area contributed by atoms with Crippen molar-refractivity contribution in [2.45, 2.75) is 56.0 Å². The smallest absolute Gasteiger partial charge is 0.224 e. The molecule has 4 bridgehead atoms. The van der Waals surface area contributed by atoms with Crippen LogP contribution in [0, 0.1) is 17.8 Å². The van der Waals surface area contributed by atoms with Crippen molar-refractivity contribution in [2.24, 2.45) is 17.8 Å². The van der Waals surface area contributed by atoms with Crippen LogP contribution in [0.3, 0.4) is 0 Å². The summed E-state index contributed by atoms with van der Waals surface area (Å²) >= 11 is 0. The number of ether oxygens (including phenoxy) is 1. The number of hydrogen-bond donors (Lipinski definition) is 1. The molecule has 3 unspecified atom stereocenters. The highest BCUT2D eigenvalue weighted by Gasteiger charge is 2.59. The molecule has 1 saturated heterocycles. The second-order valence-electron chi connectivity index (χ2n) is 9.57. The molecule has 3 atom stereocenters. The van der Waals surface area contributed by atoms with E-state index in [-0.39, 0.29) is 22.9 Å². The predicted molar refractivity (Wildman–Crippen MR) is 100.0 cm³/mol. The highest BCUT2D eigenvalue weighted by Crippen LogP contribution is 2.60. The summed E-state index contributed by atoms with van der Waals surface area (Å²) in [5, 5.41) is 8.08. The van der Waals surface area contributed by atoms with Crippen LogP contribution in [0.25, 0.3) is 0 Å². The van der Waals surface area contributed by atoms with Gasteiger partial charge in [0.1, 0.15) is 12.7 Å². The fourth-order valence-electron chi connectivity index (χ4n) is 6.92. The number of methoxy groups -OCH3 is 1. The molecule has 0 radical (unpaired) electrons. The van der Waals surface area contributed by atoms with Gasteiger partial charge < -0.3 is 15.0 Å². The van der Waals surface area contributed by atoms with Crippen molar-refractivity contribution < 1.29 is 9.53 Å². The molecular formula is C20H31N5O2. The van der Waals surface area contributed by atoms with E-state index in [1.807, 2.05) is 6.33 Å². The van der Waals surface area contributed by atoms with E-state index in [4.69, 9.17) is 4.74 Å².